The van der Waals surface area contributed by atoms with Gasteiger partial charge in [0.1, 0.15) is 0 Å². The fraction of sp³-hybridized carbons (Fsp3) is 0.0714. The molecule has 0 fully saturated rings. The van der Waals surface area contributed by atoms with E-state index in [4.69, 9.17) is 23.8 Å². The SMILES string of the molecule is O=[N+]([O-])c1ccc(NC(=S)Nc2cc(C(F)(F)F)ccc2Cl)cc1. The molecule has 5 nitrogen and oxygen atoms in total. The molecule has 0 aliphatic heterocycles. The van der Waals surface area contributed by atoms with Crippen LogP contribution in [0.5, 0.6) is 0 Å². The van der Waals surface area contributed by atoms with Gasteiger partial charge in [0.15, 0.2) is 5.11 Å². The molecule has 0 aliphatic rings. The summed E-state index contributed by atoms with van der Waals surface area (Å²) in [6, 6.07) is 8.18. The highest BCUT2D eigenvalue weighted by Gasteiger charge is 2.31. The molecule has 24 heavy (non-hydrogen) atoms. The van der Waals surface area contributed by atoms with Crippen molar-refractivity contribution in [3.05, 3.63) is 63.2 Å². The zero-order valence-corrected chi connectivity index (χ0v) is 13.3. The van der Waals surface area contributed by atoms with Gasteiger partial charge in [-0.3, -0.25) is 10.1 Å². The van der Waals surface area contributed by atoms with E-state index in [1.807, 2.05) is 0 Å². The highest BCUT2D eigenvalue weighted by atomic mass is 35.5. The van der Waals surface area contributed by atoms with E-state index in [2.05, 4.69) is 10.6 Å². The van der Waals surface area contributed by atoms with Crippen molar-refractivity contribution in [1.82, 2.24) is 0 Å². The predicted molar refractivity (Wildman–Crippen MR) is 89.4 cm³/mol. The zero-order valence-electron chi connectivity index (χ0n) is 11.7. The number of hydrogen-bond donors (Lipinski definition) is 2. The number of anilines is 2. The number of non-ortho nitro benzene ring substituents is 1. The van der Waals surface area contributed by atoms with Crippen LogP contribution in [0.1, 0.15) is 5.56 Å². The van der Waals surface area contributed by atoms with Crippen molar-refractivity contribution < 1.29 is 18.1 Å². The first-order valence-electron chi connectivity index (χ1n) is 6.36. The Morgan fingerprint density at radius 1 is 1.12 bits per heavy atom. The predicted octanol–water partition coefficient (Wildman–Crippen LogP) is 5.08. The van der Waals surface area contributed by atoms with Gasteiger partial charge in [-0.15, -0.1) is 0 Å². The molecule has 0 aromatic heterocycles. The van der Waals surface area contributed by atoms with Crippen molar-refractivity contribution in [1.29, 1.82) is 0 Å². The molecule has 2 N–H and O–H groups in total. The van der Waals surface area contributed by atoms with Crippen molar-refractivity contribution in [2.75, 3.05) is 10.6 Å². The Kier molecular flexibility index (Phi) is 5.25. The average Bonchev–Trinajstić information content (AvgIpc) is 2.48. The molecule has 0 bridgehead atoms. The maximum absolute atomic E-state index is 12.7. The summed E-state index contributed by atoms with van der Waals surface area (Å²) in [5.74, 6) is 0. The summed E-state index contributed by atoms with van der Waals surface area (Å²) >= 11 is 10.9. The minimum Gasteiger partial charge on any atom is -0.332 e. The molecular formula is C14H9ClF3N3O2S. The number of rotatable bonds is 3. The Balaban J connectivity index is 2.11. The van der Waals surface area contributed by atoms with E-state index in [0.717, 1.165) is 18.2 Å². The lowest BCUT2D eigenvalue weighted by molar-refractivity contribution is -0.384. The van der Waals surface area contributed by atoms with Crippen LogP contribution in [0.15, 0.2) is 42.5 Å². The summed E-state index contributed by atoms with van der Waals surface area (Å²) in [7, 11) is 0. The smallest absolute Gasteiger partial charge is 0.332 e. The summed E-state index contributed by atoms with van der Waals surface area (Å²) in [6.07, 6.45) is -4.51. The van der Waals surface area contributed by atoms with Crippen LogP contribution in [0.4, 0.5) is 30.2 Å². The molecule has 126 valence electrons. The van der Waals surface area contributed by atoms with Crippen molar-refractivity contribution in [3.63, 3.8) is 0 Å². The highest BCUT2D eigenvalue weighted by molar-refractivity contribution is 7.80. The normalized spacial score (nSPS) is 11.0. The third-order valence-corrected chi connectivity index (χ3v) is 3.41. The largest absolute Gasteiger partial charge is 0.416 e. The first kappa shape index (κ1) is 18.0. The van der Waals surface area contributed by atoms with Crippen LogP contribution < -0.4 is 10.6 Å². The number of halogens is 4. The van der Waals surface area contributed by atoms with Gasteiger partial charge in [0.25, 0.3) is 5.69 Å². The van der Waals surface area contributed by atoms with Gasteiger partial charge < -0.3 is 10.6 Å². The van der Waals surface area contributed by atoms with Crippen molar-refractivity contribution in [2.45, 2.75) is 6.18 Å². The van der Waals surface area contributed by atoms with Crippen LogP contribution in [-0.4, -0.2) is 10.0 Å². The topological polar surface area (TPSA) is 67.2 Å². The molecule has 0 saturated carbocycles. The highest BCUT2D eigenvalue weighted by Crippen LogP contribution is 2.33. The Labute approximate surface area is 144 Å². The number of nitrogens with zero attached hydrogens (tertiary/aromatic N) is 1. The number of benzene rings is 2. The molecule has 0 radical (unpaired) electrons. The number of hydrogen-bond acceptors (Lipinski definition) is 3. The van der Waals surface area contributed by atoms with E-state index in [9.17, 15) is 23.3 Å². The molecule has 10 heteroatoms. The van der Waals surface area contributed by atoms with Gasteiger partial charge in [-0.25, -0.2) is 0 Å². The summed E-state index contributed by atoms with van der Waals surface area (Å²) in [4.78, 5) is 10.0. The molecule has 0 aliphatic carbocycles. The summed E-state index contributed by atoms with van der Waals surface area (Å²) < 4.78 is 38.1. The standard InChI is InChI=1S/C14H9ClF3N3O2S/c15-11-6-1-8(14(16,17)18)7-12(11)20-13(24)19-9-2-4-10(5-3-9)21(22)23/h1-7H,(H2,19,20,24). The van der Waals surface area contributed by atoms with Gasteiger partial charge in [0.2, 0.25) is 0 Å². The molecular weight excluding hydrogens is 367 g/mol. The molecule has 0 saturated heterocycles. The molecule has 2 rings (SSSR count). The van der Waals surface area contributed by atoms with Gasteiger partial charge in [-0.2, -0.15) is 13.2 Å². The van der Waals surface area contributed by atoms with Crippen molar-refractivity contribution in [3.8, 4) is 0 Å². The van der Waals surface area contributed by atoms with Crippen LogP contribution in [0.25, 0.3) is 0 Å². The van der Waals surface area contributed by atoms with Gasteiger partial charge >= 0.3 is 6.18 Å². The maximum Gasteiger partial charge on any atom is 0.416 e. The third-order valence-electron chi connectivity index (χ3n) is 2.88. The number of thiocarbonyl (C=S) groups is 1. The molecule has 2 aromatic rings. The fourth-order valence-corrected chi connectivity index (χ4v) is 2.14. The Morgan fingerprint density at radius 3 is 2.29 bits per heavy atom. The van der Waals surface area contributed by atoms with E-state index >= 15 is 0 Å². The number of alkyl halides is 3. The lowest BCUT2D eigenvalue weighted by Gasteiger charge is -2.14. The molecule has 0 amide bonds. The van der Waals surface area contributed by atoms with Gasteiger partial charge in [0.05, 0.1) is 21.2 Å². The molecule has 0 unspecified atom stereocenters. The Bertz CT molecular complexity index is 782. The van der Waals surface area contributed by atoms with Gasteiger partial charge in [-0.1, -0.05) is 11.6 Å². The van der Waals surface area contributed by atoms with Crippen molar-refractivity contribution >= 4 is 46.0 Å². The lowest BCUT2D eigenvalue weighted by atomic mass is 10.2. The second kappa shape index (κ2) is 7.02. The van der Waals surface area contributed by atoms with Crippen LogP contribution >= 0.6 is 23.8 Å². The molecule has 2 aromatic carbocycles. The third kappa shape index (κ3) is 4.56. The first-order valence-corrected chi connectivity index (χ1v) is 7.14. The Hall–Kier alpha value is -2.39. The quantitative estimate of drug-likeness (QED) is 0.445. The number of nitro groups is 1. The zero-order chi connectivity index (χ0) is 17.9. The molecule has 0 spiro atoms. The van der Waals surface area contributed by atoms with E-state index in [1.165, 1.54) is 24.3 Å². The van der Waals surface area contributed by atoms with E-state index in [0.29, 0.717) is 5.69 Å². The first-order chi connectivity index (χ1) is 11.2. The Morgan fingerprint density at radius 2 is 1.75 bits per heavy atom. The number of nitrogens with one attached hydrogen (secondary N) is 2. The number of nitro benzene ring substituents is 1. The lowest BCUT2D eigenvalue weighted by Crippen LogP contribution is -2.19. The van der Waals surface area contributed by atoms with Crippen LogP contribution in [-0.2, 0) is 6.18 Å². The maximum atomic E-state index is 12.7. The van der Waals surface area contributed by atoms with Crippen LogP contribution in [0, 0.1) is 10.1 Å². The van der Waals surface area contributed by atoms with E-state index in [-0.39, 0.29) is 21.5 Å². The molecule has 0 atom stereocenters. The second-order valence-corrected chi connectivity index (χ2v) is 5.39. The van der Waals surface area contributed by atoms with Crippen LogP contribution in [0.2, 0.25) is 5.02 Å². The summed E-state index contributed by atoms with van der Waals surface area (Å²) in [6.45, 7) is 0. The fourth-order valence-electron chi connectivity index (χ4n) is 1.75. The summed E-state index contributed by atoms with van der Waals surface area (Å²) in [5, 5.41) is 15.9. The van der Waals surface area contributed by atoms with E-state index in [1.54, 1.807) is 0 Å². The minimum absolute atomic E-state index is 0.00842. The van der Waals surface area contributed by atoms with Gasteiger partial charge in [-0.05, 0) is 42.5 Å². The second-order valence-electron chi connectivity index (χ2n) is 4.58. The van der Waals surface area contributed by atoms with Gasteiger partial charge in [0, 0.05) is 17.8 Å². The van der Waals surface area contributed by atoms with Crippen LogP contribution in [0.3, 0.4) is 0 Å². The minimum atomic E-state index is -4.51. The molecule has 0 heterocycles. The monoisotopic (exact) mass is 375 g/mol. The average molecular weight is 376 g/mol. The van der Waals surface area contributed by atoms with Crippen molar-refractivity contribution in [2.24, 2.45) is 0 Å². The van der Waals surface area contributed by atoms with E-state index < -0.39 is 16.7 Å². The summed E-state index contributed by atoms with van der Waals surface area (Å²) in [5.41, 5.74) is -0.542.